The number of fused-ring (bicyclic) bond motifs is 1. The Morgan fingerprint density at radius 1 is 1.35 bits per heavy atom. The summed E-state index contributed by atoms with van der Waals surface area (Å²) in [6, 6.07) is 11.9. The molecule has 3 heterocycles. The third kappa shape index (κ3) is 3.08. The van der Waals surface area contributed by atoms with Gasteiger partial charge in [-0.2, -0.15) is 4.98 Å². The lowest BCUT2D eigenvalue weighted by atomic mass is 10.2. The van der Waals surface area contributed by atoms with E-state index < -0.39 is 0 Å². The van der Waals surface area contributed by atoms with Crippen molar-refractivity contribution < 1.29 is 13.9 Å². The number of carbonyl (C=O) groups excluding carboxylic acids is 1. The van der Waals surface area contributed by atoms with Crippen molar-refractivity contribution in [2.75, 3.05) is 25.1 Å². The van der Waals surface area contributed by atoms with E-state index in [1.807, 2.05) is 24.3 Å². The highest BCUT2D eigenvalue weighted by Crippen LogP contribution is 2.28. The van der Waals surface area contributed by atoms with Gasteiger partial charge in [-0.25, -0.2) is 4.98 Å². The summed E-state index contributed by atoms with van der Waals surface area (Å²) < 4.78 is 11.0. The third-order valence-corrected chi connectivity index (χ3v) is 4.61. The normalized spacial score (nSPS) is 16.8. The zero-order valence-corrected chi connectivity index (χ0v) is 14.5. The predicted octanol–water partition coefficient (Wildman–Crippen LogP) is 2.63. The molecule has 1 fully saturated rings. The van der Waals surface area contributed by atoms with Crippen LogP contribution in [0, 0.1) is 0 Å². The van der Waals surface area contributed by atoms with Crippen LogP contribution in [0.5, 0.6) is 5.88 Å². The lowest BCUT2D eigenvalue weighted by Gasteiger charge is -2.23. The Labute approximate surface area is 151 Å². The molecule has 1 aliphatic heterocycles. The molecule has 0 radical (unpaired) electrons. The molecule has 134 valence electrons. The summed E-state index contributed by atoms with van der Waals surface area (Å²) in [6.45, 7) is 1.37. The van der Waals surface area contributed by atoms with Crippen LogP contribution in [0.3, 0.4) is 0 Å². The van der Waals surface area contributed by atoms with Crippen LogP contribution in [0.25, 0.3) is 11.1 Å². The average molecular weight is 352 g/mol. The van der Waals surface area contributed by atoms with Crippen molar-refractivity contribution in [1.29, 1.82) is 0 Å². The first kappa shape index (κ1) is 16.4. The first-order chi connectivity index (χ1) is 12.8. The van der Waals surface area contributed by atoms with E-state index in [-0.39, 0.29) is 11.9 Å². The van der Waals surface area contributed by atoms with Crippen LogP contribution in [-0.4, -0.2) is 42.1 Å². The van der Waals surface area contributed by atoms with Crippen molar-refractivity contribution >= 4 is 23.0 Å². The standard InChI is InChI=1S/C19H20N4O3/c1-25-18-14(7-4-10-20-18)17(24)21-12-13-6-5-11-23(13)19-22-15-8-2-3-9-16(15)26-19/h2-4,7-10,13H,5-6,11-12H2,1H3,(H,21,24). The van der Waals surface area contributed by atoms with E-state index in [0.717, 1.165) is 30.5 Å². The van der Waals surface area contributed by atoms with Crippen LogP contribution in [0.1, 0.15) is 23.2 Å². The molecule has 1 N–H and O–H groups in total. The summed E-state index contributed by atoms with van der Waals surface area (Å²) in [4.78, 5) is 23.2. The number of amides is 1. The van der Waals surface area contributed by atoms with Gasteiger partial charge >= 0.3 is 0 Å². The number of para-hydroxylation sites is 2. The molecule has 1 amide bonds. The van der Waals surface area contributed by atoms with E-state index in [9.17, 15) is 4.79 Å². The van der Waals surface area contributed by atoms with Gasteiger partial charge in [-0.05, 0) is 37.1 Å². The molecule has 4 rings (SSSR count). The van der Waals surface area contributed by atoms with Gasteiger partial charge in [0.15, 0.2) is 5.58 Å². The van der Waals surface area contributed by atoms with Gasteiger partial charge < -0.3 is 19.4 Å². The number of carbonyl (C=O) groups is 1. The molecule has 1 unspecified atom stereocenters. The molecule has 1 aliphatic rings. The van der Waals surface area contributed by atoms with E-state index in [1.165, 1.54) is 7.11 Å². The Kier molecular flexibility index (Phi) is 4.43. The molecule has 1 saturated heterocycles. The van der Waals surface area contributed by atoms with Crippen LogP contribution in [0.4, 0.5) is 6.01 Å². The minimum atomic E-state index is -0.195. The molecular formula is C19H20N4O3. The summed E-state index contributed by atoms with van der Waals surface area (Å²) >= 11 is 0. The SMILES string of the molecule is COc1ncccc1C(=O)NCC1CCCN1c1nc2ccccc2o1. The summed E-state index contributed by atoms with van der Waals surface area (Å²) in [7, 11) is 1.51. The highest BCUT2D eigenvalue weighted by atomic mass is 16.5. The maximum Gasteiger partial charge on any atom is 0.298 e. The summed E-state index contributed by atoms with van der Waals surface area (Å²) in [5.74, 6) is 0.131. The quantitative estimate of drug-likeness (QED) is 0.760. The number of methoxy groups -OCH3 is 1. The van der Waals surface area contributed by atoms with Crippen molar-refractivity contribution in [2.45, 2.75) is 18.9 Å². The number of oxazole rings is 1. The number of benzene rings is 1. The highest BCUT2D eigenvalue weighted by molar-refractivity contribution is 5.96. The van der Waals surface area contributed by atoms with E-state index in [2.05, 4.69) is 20.2 Å². The second kappa shape index (κ2) is 7.03. The fraction of sp³-hybridized carbons (Fsp3) is 0.316. The van der Waals surface area contributed by atoms with E-state index in [4.69, 9.17) is 9.15 Å². The van der Waals surface area contributed by atoms with Crippen molar-refractivity contribution in [3.05, 3.63) is 48.2 Å². The fourth-order valence-corrected chi connectivity index (χ4v) is 3.31. The Balaban J connectivity index is 1.46. The molecule has 0 saturated carbocycles. The van der Waals surface area contributed by atoms with Crippen LogP contribution in [-0.2, 0) is 0 Å². The van der Waals surface area contributed by atoms with E-state index >= 15 is 0 Å². The zero-order valence-electron chi connectivity index (χ0n) is 14.5. The number of rotatable bonds is 5. The highest BCUT2D eigenvalue weighted by Gasteiger charge is 2.29. The molecule has 2 aromatic heterocycles. The van der Waals surface area contributed by atoms with Gasteiger partial charge in [-0.3, -0.25) is 4.79 Å². The maximum atomic E-state index is 12.5. The van der Waals surface area contributed by atoms with Crippen LogP contribution in [0.2, 0.25) is 0 Å². The van der Waals surface area contributed by atoms with Gasteiger partial charge in [0, 0.05) is 19.3 Å². The predicted molar refractivity (Wildman–Crippen MR) is 97.5 cm³/mol. The molecule has 0 aliphatic carbocycles. The number of pyridine rings is 1. The summed E-state index contributed by atoms with van der Waals surface area (Å²) in [5.41, 5.74) is 2.05. The Morgan fingerprint density at radius 3 is 3.08 bits per heavy atom. The van der Waals surface area contributed by atoms with Crippen LogP contribution >= 0.6 is 0 Å². The first-order valence-electron chi connectivity index (χ1n) is 8.65. The van der Waals surface area contributed by atoms with Gasteiger partial charge in [-0.1, -0.05) is 12.1 Å². The van der Waals surface area contributed by atoms with Gasteiger partial charge in [0.25, 0.3) is 11.9 Å². The Hall–Kier alpha value is -3.09. The van der Waals surface area contributed by atoms with Gasteiger partial charge in [0.1, 0.15) is 11.1 Å². The van der Waals surface area contributed by atoms with E-state index in [1.54, 1.807) is 18.3 Å². The molecule has 1 atom stereocenters. The molecule has 3 aromatic rings. The number of nitrogens with one attached hydrogen (secondary N) is 1. The lowest BCUT2D eigenvalue weighted by Crippen LogP contribution is -2.40. The molecule has 0 spiro atoms. The van der Waals surface area contributed by atoms with Gasteiger partial charge in [0.2, 0.25) is 5.88 Å². The number of anilines is 1. The Bertz CT molecular complexity index is 891. The topological polar surface area (TPSA) is 80.5 Å². The van der Waals surface area contributed by atoms with Gasteiger partial charge in [-0.15, -0.1) is 0 Å². The van der Waals surface area contributed by atoms with Crippen LogP contribution in [0.15, 0.2) is 47.0 Å². The second-order valence-corrected chi connectivity index (χ2v) is 6.22. The largest absolute Gasteiger partial charge is 0.480 e. The molecule has 1 aromatic carbocycles. The van der Waals surface area contributed by atoms with Crippen molar-refractivity contribution in [2.24, 2.45) is 0 Å². The molecular weight excluding hydrogens is 332 g/mol. The average Bonchev–Trinajstić information content (AvgIpc) is 3.32. The molecule has 26 heavy (non-hydrogen) atoms. The molecule has 0 bridgehead atoms. The lowest BCUT2D eigenvalue weighted by molar-refractivity contribution is 0.0947. The second-order valence-electron chi connectivity index (χ2n) is 6.22. The van der Waals surface area contributed by atoms with Gasteiger partial charge in [0.05, 0.1) is 13.2 Å². The number of nitrogens with zero attached hydrogens (tertiary/aromatic N) is 3. The first-order valence-corrected chi connectivity index (χ1v) is 8.65. The maximum absolute atomic E-state index is 12.5. The third-order valence-electron chi connectivity index (χ3n) is 4.61. The summed E-state index contributed by atoms with van der Waals surface area (Å²) in [6.07, 6.45) is 3.61. The summed E-state index contributed by atoms with van der Waals surface area (Å²) in [5, 5.41) is 2.98. The van der Waals surface area contributed by atoms with Crippen molar-refractivity contribution in [3.63, 3.8) is 0 Å². The van der Waals surface area contributed by atoms with Crippen LogP contribution < -0.4 is 15.0 Å². The van der Waals surface area contributed by atoms with Crippen molar-refractivity contribution in [3.8, 4) is 5.88 Å². The Morgan fingerprint density at radius 2 is 2.23 bits per heavy atom. The smallest absolute Gasteiger partial charge is 0.298 e. The van der Waals surface area contributed by atoms with Crippen molar-refractivity contribution in [1.82, 2.24) is 15.3 Å². The van der Waals surface area contributed by atoms with E-state index in [0.29, 0.717) is 24.0 Å². The molecule has 7 nitrogen and oxygen atoms in total. The minimum absolute atomic E-state index is 0.148. The number of aromatic nitrogens is 2. The number of ether oxygens (including phenoxy) is 1. The monoisotopic (exact) mass is 352 g/mol. The minimum Gasteiger partial charge on any atom is -0.480 e. The fourth-order valence-electron chi connectivity index (χ4n) is 3.31. The molecule has 7 heteroatoms. The number of hydrogen-bond acceptors (Lipinski definition) is 6. The number of hydrogen-bond donors (Lipinski definition) is 1. The zero-order chi connectivity index (χ0) is 17.9.